The lowest BCUT2D eigenvalue weighted by molar-refractivity contribution is 0.0958. The highest BCUT2D eigenvalue weighted by Crippen LogP contribution is 2.37. The molecule has 0 aliphatic carbocycles. The van der Waals surface area contributed by atoms with E-state index in [9.17, 15) is 4.79 Å². The normalized spacial score (nSPS) is 11.2. The third kappa shape index (κ3) is 3.13. The van der Waals surface area contributed by atoms with Crippen LogP contribution in [-0.4, -0.2) is 29.5 Å². The number of methoxy groups -OCH3 is 1. The molecule has 0 atom stereocenters. The lowest BCUT2D eigenvalue weighted by Gasteiger charge is -2.02. The van der Waals surface area contributed by atoms with Gasteiger partial charge in [0.2, 0.25) is 0 Å². The number of aromatic nitrogens is 2. The fourth-order valence-electron chi connectivity index (χ4n) is 2.82. The first-order valence-corrected chi connectivity index (χ1v) is 9.33. The van der Waals surface area contributed by atoms with E-state index in [1.165, 1.54) is 11.3 Å². The molecule has 26 heavy (non-hydrogen) atoms. The first kappa shape index (κ1) is 16.9. The minimum Gasteiger partial charge on any atom is -0.497 e. The Labute approximate surface area is 159 Å². The van der Waals surface area contributed by atoms with Crippen molar-refractivity contribution in [1.29, 1.82) is 0 Å². The summed E-state index contributed by atoms with van der Waals surface area (Å²) in [5.41, 5.74) is 1.92. The molecule has 0 unspecified atom stereocenters. The second-order valence-electron chi connectivity index (χ2n) is 5.81. The number of amides is 1. The Kier molecular flexibility index (Phi) is 4.53. The number of hydrogen-bond acceptors (Lipinski definition) is 4. The van der Waals surface area contributed by atoms with Crippen molar-refractivity contribution in [2.75, 3.05) is 13.7 Å². The van der Waals surface area contributed by atoms with Crippen LogP contribution in [-0.2, 0) is 6.42 Å². The summed E-state index contributed by atoms with van der Waals surface area (Å²) in [5.74, 6) is 1.39. The number of carbonyl (C=O) groups is 1. The predicted octanol–water partition coefficient (Wildman–Crippen LogP) is 4.41. The van der Waals surface area contributed by atoms with Crippen LogP contribution < -0.4 is 10.1 Å². The number of thiophene rings is 1. The Bertz CT molecular complexity index is 1070. The molecule has 2 heterocycles. The molecule has 0 bridgehead atoms. The van der Waals surface area contributed by atoms with Gasteiger partial charge >= 0.3 is 0 Å². The number of halogens is 1. The van der Waals surface area contributed by atoms with Crippen molar-refractivity contribution in [3.63, 3.8) is 0 Å². The van der Waals surface area contributed by atoms with Gasteiger partial charge in [-0.15, -0.1) is 11.3 Å². The maximum Gasteiger partial charge on any atom is 0.262 e. The third-order valence-corrected chi connectivity index (χ3v) is 5.80. The second kappa shape index (κ2) is 6.97. The number of rotatable bonds is 5. The lowest BCUT2D eigenvalue weighted by Crippen LogP contribution is -2.25. The summed E-state index contributed by atoms with van der Waals surface area (Å²) in [6.45, 7) is 0.479. The number of ether oxygens (including phenoxy) is 1. The van der Waals surface area contributed by atoms with Gasteiger partial charge in [-0.1, -0.05) is 23.7 Å². The van der Waals surface area contributed by atoms with Gasteiger partial charge in [0.1, 0.15) is 16.5 Å². The van der Waals surface area contributed by atoms with Crippen LogP contribution >= 0.6 is 22.9 Å². The molecular weight excluding hydrogens is 370 g/mol. The predicted molar refractivity (Wildman–Crippen MR) is 106 cm³/mol. The summed E-state index contributed by atoms with van der Waals surface area (Å²) in [6.07, 6.45) is 0.622. The molecule has 5 nitrogen and oxygen atoms in total. The van der Waals surface area contributed by atoms with Gasteiger partial charge in [-0.2, -0.15) is 0 Å². The van der Waals surface area contributed by atoms with Crippen molar-refractivity contribution in [1.82, 2.24) is 15.3 Å². The maximum absolute atomic E-state index is 12.5. The van der Waals surface area contributed by atoms with Crippen molar-refractivity contribution in [3.05, 3.63) is 58.2 Å². The molecule has 2 aromatic carbocycles. The van der Waals surface area contributed by atoms with Gasteiger partial charge in [-0.05, 0) is 30.3 Å². The number of nitrogens with one attached hydrogen (secondary N) is 2. The van der Waals surface area contributed by atoms with E-state index in [4.69, 9.17) is 16.3 Å². The average Bonchev–Trinajstić information content (AvgIpc) is 3.22. The minimum absolute atomic E-state index is 0.175. The summed E-state index contributed by atoms with van der Waals surface area (Å²) in [7, 11) is 1.60. The second-order valence-corrected chi connectivity index (χ2v) is 7.24. The molecule has 0 saturated heterocycles. The van der Waals surface area contributed by atoms with Crippen LogP contribution in [0.5, 0.6) is 5.75 Å². The van der Waals surface area contributed by atoms with E-state index in [0.29, 0.717) is 28.6 Å². The number of hydrogen-bond donors (Lipinski definition) is 2. The molecule has 2 aromatic heterocycles. The van der Waals surface area contributed by atoms with Crippen LogP contribution in [0.3, 0.4) is 0 Å². The summed E-state index contributed by atoms with van der Waals surface area (Å²) in [5, 5.41) is 4.21. The molecule has 4 rings (SSSR count). The van der Waals surface area contributed by atoms with Gasteiger partial charge in [0.25, 0.3) is 5.91 Å². The van der Waals surface area contributed by atoms with Crippen LogP contribution in [0.25, 0.3) is 21.1 Å². The molecule has 0 aliphatic rings. The highest BCUT2D eigenvalue weighted by atomic mass is 35.5. The number of nitrogens with zero attached hydrogens (tertiary/aromatic N) is 1. The van der Waals surface area contributed by atoms with E-state index >= 15 is 0 Å². The summed E-state index contributed by atoms with van der Waals surface area (Å²) in [4.78, 5) is 20.8. The fraction of sp³-hybridized carbons (Fsp3) is 0.158. The quantitative estimate of drug-likeness (QED) is 0.534. The van der Waals surface area contributed by atoms with Crippen LogP contribution in [0.15, 0.2) is 42.5 Å². The molecule has 0 spiro atoms. The maximum atomic E-state index is 12.5. The van der Waals surface area contributed by atoms with Crippen molar-refractivity contribution >= 4 is 50.0 Å². The zero-order valence-corrected chi connectivity index (χ0v) is 15.6. The van der Waals surface area contributed by atoms with Crippen LogP contribution in [0.2, 0.25) is 5.02 Å². The molecule has 7 heteroatoms. The first-order chi connectivity index (χ1) is 12.7. The Hall–Kier alpha value is -2.57. The summed E-state index contributed by atoms with van der Waals surface area (Å²) >= 11 is 7.78. The Morgan fingerprint density at radius 3 is 2.96 bits per heavy atom. The minimum atomic E-state index is -0.175. The molecule has 0 saturated carbocycles. The van der Waals surface area contributed by atoms with Gasteiger partial charge in [0.15, 0.2) is 0 Å². The first-order valence-electron chi connectivity index (χ1n) is 8.13. The van der Waals surface area contributed by atoms with E-state index in [2.05, 4.69) is 15.3 Å². The molecule has 0 fully saturated rings. The lowest BCUT2D eigenvalue weighted by atomic mass is 10.2. The molecule has 132 valence electrons. The molecular formula is C19H16ClN3O2S. The number of fused-ring (bicyclic) bond motifs is 2. The highest BCUT2D eigenvalue weighted by Gasteiger charge is 2.17. The Morgan fingerprint density at radius 2 is 2.15 bits per heavy atom. The molecule has 2 N–H and O–H groups in total. The number of benzene rings is 2. The van der Waals surface area contributed by atoms with E-state index in [1.54, 1.807) is 7.11 Å². The van der Waals surface area contributed by atoms with Crippen LogP contribution in [0, 0.1) is 0 Å². The summed E-state index contributed by atoms with van der Waals surface area (Å²) in [6, 6.07) is 13.5. The average molecular weight is 386 g/mol. The molecule has 0 aliphatic heterocycles. The van der Waals surface area contributed by atoms with Crippen molar-refractivity contribution < 1.29 is 9.53 Å². The Morgan fingerprint density at radius 1 is 1.31 bits per heavy atom. The van der Waals surface area contributed by atoms with Gasteiger partial charge in [-0.3, -0.25) is 4.79 Å². The number of H-pyrrole nitrogens is 1. The van der Waals surface area contributed by atoms with E-state index in [0.717, 1.165) is 26.9 Å². The van der Waals surface area contributed by atoms with Gasteiger partial charge in [-0.25, -0.2) is 4.98 Å². The smallest absolute Gasteiger partial charge is 0.262 e. The molecule has 1 amide bonds. The largest absolute Gasteiger partial charge is 0.497 e. The van der Waals surface area contributed by atoms with Gasteiger partial charge < -0.3 is 15.0 Å². The Balaban J connectivity index is 1.46. The van der Waals surface area contributed by atoms with E-state index in [1.807, 2.05) is 42.5 Å². The standard InChI is InChI=1S/C19H16ClN3O2S/c1-25-11-6-7-15-12(10-11)17(20)18(26-15)19(24)21-9-8-16-22-13-4-2-3-5-14(13)23-16/h2-7,10H,8-9H2,1H3,(H,21,24)(H,22,23). The summed E-state index contributed by atoms with van der Waals surface area (Å²) < 4.78 is 6.18. The van der Waals surface area contributed by atoms with Crippen molar-refractivity contribution in [2.45, 2.75) is 6.42 Å². The topological polar surface area (TPSA) is 67.0 Å². The number of carbonyl (C=O) groups excluding carboxylic acids is 1. The fourth-order valence-corrected chi connectivity index (χ4v) is 4.22. The highest BCUT2D eigenvalue weighted by molar-refractivity contribution is 7.21. The van der Waals surface area contributed by atoms with Crippen LogP contribution in [0.1, 0.15) is 15.5 Å². The number of imidazole rings is 1. The monoisotopic (exact) mass is 385 g/mol. The van der Waals surface area contributed by atoms with Crippen molar-refractivity contribution in [3.8, 4) is 5.75 Å². The van der Waals surface area contributed by atoms with Gasteiger partial charge in [0.05, 0.1) is 23.2 Å². The third-order valence-electron chi connectivity index (χ3n) is 4.13. The van der Waals surface area contributed by atoms with E-state index < -0.39 is 0 Å². The number of para-hydroxylation sites is 2. The SMILES string of the molecule is COc1ccc2sc(C(=O)NCCc3nc4ccccc4[nH]3)c(Cl)c2c1. The zero-order valence-electron chi connectivity index (χ0n) is 14.0. The number of aromatic amines is 1. The van der Waals surface area contributed by atoms with E-state index in [-0.39, 0.29) is 5.91 Å². The molecule has 0 radical (unpaired) electrons. The van der Waals surface area contributed by atoms with Crippen LogP contribution in [0.4, 0.5) is 0 Å². The van der Waals surface area contributed by atoms with Crippen molar-refractivity contribution in [2.24, 2.45) is 0 Å². The molecule has 4 aromatic rings. The van der Waals surface area contributed by atoms with Gasteiger partial charge in [0, 0.05) is 23.1 Å². The zero-order chi connectivity index (χ0) is 18.1.